The standard InChI is InChI=1S/C6H12BrN3O/c1-6(2,7)5(11)3-4-9-10-8/h5,11H,3-4H2,1-2H3. The summed E-state index contributed by atoms with van der Waals surface area (Å²) >= 11 is 3.31. The minimum absolute atomic E-state index is 0.308. The first-order chi connectivity index (χ1) is 4.98. The summed E-state index contributed by atoms with van der Waals surface area (Å²) in [7, 11) is 0. The van der Waals surface area contributed by atoms with E-state index in [-0.39, 0.29) is 4.32 Å². The minimum atomic E-state index is -0.479. The average Bonchev–Trinajstić information content (AvgIpc) is 1.86. The van der Waals surface area contributed by atoms with E-state index in [1.54, 1.807) is 0 Å². The van der Waals surface area contributed by atoms with Crippen LogP contribution in [0, 0.1) is 0 Å². The lowest BCUT2D eigenvalue weighted by molar-refractivity contribution is 0.138. The van der Waals surface area contributed by atoms with Crippen LogP contribution < -0.4 is 0 Å². The van der Waals surface area contributed by atoms with Crippen LogP contribution in [0.1, 0.15) is 20.3 Å². The van der Waals surface area contributed by atoms with Gasteiger partial charge in [0.1, 0.15) is 0 Å². The molecule has 0 amide bonds. The highest BCUT2D eigenvalue weighted by molar-refractivity contribution is 9.10. The Hall–Kier alpha value is -0.250. The van der Waals surface area contributed by atoms with Crippen molar-refractivity contribution in [1.82, 2.24) is 0 Å². The van der Waals surface area contributed by atoms with Gasteiger partial charge in [-0.2, -0.15) is 0 Å². The summed E-state index contributed by atoms with van der Waals surface area (Å²) in [5, 5.41) is 12.7. The Balaban J connectivity index is 3.69. The van der Waals surface area contributed by atoms with Crippen LogP contribution >= 0.6 is 15.9 Å². The average molecular weight is 222 g/mol. The molecule has 0 aliphatic heterocycles. The van der Waals surface area contributed by atoms with E-state index in [1.165, 1.54) is 0 Å². The fraction of sp³-hybridized carbons (Fsp3) is 1.00. The van der Waals surface area contributed by atoms with Crippen molar-refractivity contribution >= 4 is 15.9 Å². The molecule has 1 atom stereocenters. The van der Waals surface area contributed by atoms with Gasteiger partial charge in [-0.25, -0.2) is 0 Å². The monoisotopic (exact) mass is 221 g/mol. The van der Waals surface area contributed by atoms with Gasteiger partial charge in [0.05, 0.1) is 6.10 Å². The van der Waals surface area contributed by atoms with Gasteiger partial charge in [0.25, 0.3) is 0 Å². The summed E-state index contributed by atoms with van der Waals surface area (Å²) in [6, 6.07) is 0. The largest absolute Gasteiger partial charge is 0.392 e. The van der Waals surface area contributed by atoms with Gasteiger partial charge in [-0.1, -0.05) is 21.0 Å². The second kappa shape index (κ2) is 4.59. The molecule has 1 unspecified atom stereocenters. The molecule has 64 valence electrons. The number of aliphatic hydroxyl groups excluding tert-OH is 1. The molecule has 0 aromatic heterocycles. The predicted octanol–water partition coefficient (Wildman–Crippen LogP) is 2.22. The summed E-state index contributed by atoms with van der Waals surface area (Å²) < 4.78 is -0.308. The Morgan fingerprint density at radius 2 is 2.27 bits per heavy atom. The van der Waals surface area contributed by atoms with Crippen LogP contribution in [0.15, 0.2) is 5.11 Å². The maximum absolute atomic E-state index is 9.38. The van der Waals surface area contributed by atoms with Crippen molar-refractivity contribution in [3.05, 3.63) is 10.4 Å². The fourth-order valence-corrected chi connectivity index (χ4v) is 0.797. The topological polar surface area (TPSA) is 69.0 Å². The summed E-state index contributed by atoms with van der Waals surface area (Å²) in [5.74, 6) is 0. The number of halogens is 1. The molecule has 0 fully saturated rings. The van der Waals surface area contributed by atoms with Crippen LogP contribution in [0.5, 0.6) is 0 Å². The number of nitrogens with zero attached hydrogens (tertiary/aromatic N) is 3. The van der Waals surface area contributed by atoms with Gasteiger partial charge in [-0.3, -0.25) is 0 Å². The van der Waals surface area contributed by atoms with Crippen LogP contribution in [0.25, 0.3) is 10.4 Å². The van der Waals surface area contributed by atoms with E-state index in [0.29, 0.717) is 13.0 Å². The molecule has 0 radical (unpaired) electrons. The maximum atomic E-state index is 9.38. The lowest BCUT2D eigenvalue weighted by atomic mass is 10.0. The number of alkyl halides is 1. The number of hydrogen-bond acceptors (Lipinski definition) is 2. The third-order valence-corrected chi connectivity index (χ3v) is 1.89. The smallest absolute Gasteiger partial charge is 0.0689 e. The second-order valence-electron chi connectivity index (χ2n) is 2.82. The number of rotatable bonds is 4. The molecule has 0 bridgehead atoms. The second-order valence-corrected chi connectivity index (χ2v) is 4.87. The zero-order valence-corrected chi connectivity index (χ0v) is 8.24. The number of hydrogen-bond donors (Lipinski definition) is 1. The molecule has 0 heterocycles. The van der Waals surface area contributed by atoms with E-state index >= 15 is 0 Å². The van der Waals surface area contributed by atoms with E-state index in [2.05, 4.69) is 26.0 Å². The van der Waals surface area contributed by atoms with Crippen molar-refractivity contribution in [1.29, 1.82) is 0 Å². The molecular formula is C6H12BrN3O. The molecule has 0 aromatic rings. The van der Waals surface area contributed by atoms with Crippen molar-refractivity contribution in [3.63, 3.8) is 0 Å². The Morgan fingerprint density at radius 3 is 2.64 bits per heavy atom. The molecule has 0 rings (SSSR count). The highest BCUT2D eigenvalue weighted by atomic mass is 79.9. The zero-order valence-electron chi connectivity index (χ0n) is 6.66. The first-order valence-corrected chi connectivity index (χ1v) is 4.15. The Bertz CT molecular complexity index is 160. The highest BCUT2D eigenvalue weighted by Gasteiger charge is 2.22. The fourth-order valence-electron chi connectivity index (χ4n) is 0.568. The van der Waals surface area contributed by atoms with Gasteiger partial charge in [-0.15, -0.1) is 0 Å². The van der Waals surface area contributed by atoms with Crippen LogP contribution in [-0.2, 0) is 0 Å². The van der Waals surface area contributed by atoms with Gasteiger partial charge < -0.3 is 5.11 Å². The van der Waals surface area contributed by atoms with Crippen molar-refractivity contribution in [2.45, 2.75) is 30.7 Å². The van der Waals surface area contributed by atoms with E-state index in [9.17, 15) is 5.11 Å². The van der Waals surface area contributed by atoms with Crippen molar-refractivity contribution < 1.29 is 5.11 Å². The molecule has 0 spiro atoms. The van der Waals surface area contributed by atoms with Crippen LogP contribution in [0.2, 0.25) is 0 Å². The van der Waals surface area contributed by atoms with E-state index in [0.717, 1.165) is 0 Å². The summed E-state index contributed by atoms with van der Waals surface area (Å²) in [6.07, 6.45) is 0.00970. The first kappa shape index (κ1) is 10.8. The summed E-state index contributed by atoms with van der Waals surface area (Å²) in [4.78, 5) is 2.59. The molecule has 1 N–H and O–H groups in total. The molecule has 5 heteroatoms. The first-order valence-electron chi connectivity index (χ1n) is 3.36. The van der Waals surface area contributed by atoms with E-state index in [4.69, 9.17) is 5.53 Å². The van der Waals surface area contributed by atoms with Crippen LogP contribution in [-0.4, -0.2) is 22.1 Å². The summed E-state index contributed by atoms with van der Waals surface area (Å²) in [6.45, 7) is 4.08. The lowest BCUT2D eigenvalue weighted by Gasteiger charge is -2.22. The molecular weight excluding hydrogens is 210 g/mol. The van der Waals surface area contributed by atoms with Gasteiger partial charge in [0, 0.05) is 15.8 Å². The number of aliphatic hydroxyl groups is 1. The third kappa shape index (κ3) is 5.07. The van der Waals surface area contributed by atoms with E-state index < -0.39 is 6.10 Å². The van der Waals surface area contributed by atoms with Gasteiger partial charge in [0.2, 0.25) is 0 Å². The number of azide groups is 1. The highest BCUT2D eigenvalue weighted by Crippen LogP contribution is 2.22. The Labute approximate surface area is 74.4 Å². The molecule has 0 saturated heterocycles. The zero-order chi connectivity index (χ0) is 8.91. The Kier molecular flexibility index (Phi) is 4.49. The van der Waals surface area contributed by atoms with Crippen LogP contribution in [0.3, 0.4) is 0 Å². The normalized spacial score (nSPS) is 13.8. The SMILES string of the molecule is CC(C)(Br)C(O)CCN=[N+]=[N-]. The van der Waals surface area contributed by atoms with E-state index in [1.807, 2.05) is 13.8 Å². The minimum Gasteiger partial charge on any atom is -0.392 e. The molecule has 0 aromatic carbocycles. The lowest BCUT2D eigenvalue weighted by Crippen LogP contribution is -2.30. The molecule has 4 nitrogen and oxygen atoms in total. The molecule has 0 saturated carbocycles. The Morgan fingerprint density at radius 1 is 1.73 bits per heavy atom. The van der Waals surface area contributed by atoms with Crippen molar-refractivity contribution in [2.24, 2.45) is 5.11 Å². The molecule has 11 heavy (non-hydrogen) atoms. The molecule has 0 aliphatic rings. The molecule has 0 aliphatic carbocycles. The van der Waals surface area contributed by atoms with Gasteiger partial charge >= 0.3 is 0 Å². The third-order valence-electron chi connectivity index (χ3n) is 1.36. The van der Waals surface area contributed by atoms with Gasteiger partial charge in [0.15, 0.2) is 0 Å². The van der Waals surface area contributed by atoms with Gasteiger partial charge in [-0.05, 0) is 25.8 Å². The van der Waals surface area contributed by atoms with Crippen LogP contribution in [0.4, 0.5) is 0 Å². The summed E-state index contributed by atoms with van der Waals surface area (Å²) in [5.41, 5.74) is 7.95. The van der Waals surface area contributed by atoms with Crippen molar-refractivity contribution in [2.75, 3.05) is 6.54 Å². The quantitative estimate of drug-likeness (QED) is 0.337. The predicted molar refractivity (Wildman–Crippen MR) is 47.6 cm³/mol. The van der Waals surface area contributed by atoms with Crippen molar-refractivity contribution in [3.8, 4) is 0 Å². The maximum Gasteiger partial charge on any atom is 0.0689 e.